The molecule has 4 nitrogen and oxygen atoms in total. The van der Waals surface area contributed by atoms with Crippen molar-refractivity contribution in [3.63, 3.8) is 0 Å². The summed E-state index contributed by atoms with van der Waals surface area (Å²) < 4.78 is 2.72. The fraction of sp³-hybridized carbons (Fsp3) is 0.200. The van der Waals surface area contributed by atoms with E-state index >= 15 is 0 Å². The van der Waals surface area contributed by atoms with E-state index in [1.807, 2.05) is 13.0 Å². The molecule has 1 aromatic heterocycles. The summed E-state index contributed by atoms with van der Waals surface area (Å²) in [6.45, 7) is 5.91. The molecule has 2 rings (SSSR count). The van der Waals surface area contributed by atoms with Crippen LogP contribution in [0.5, 0.6) is 0 Å². The summed E-state index contributed by atoms with van der Waals surface area (Å²) in [6.07, 6.45) is 5.54. The van der Waals surface area contributed by atoms with Crippen molar-refractivity contribution in [2.24, 2.45) is 0 Å². The number of halogens is 1. The van der Waals surface area contributed by atoms with Gasteiger partial charge in [0, 0.05) is 24.0 Å². The summed E-state index contributed by atoms with van der Waals surface area (Å²) >= 11 is 5.95. The van der Waals surface area contributed by atoms with E-state index in [-0.39, 0.29) is 0 Å². The average molecular weight is 291 g/mol. The van der Waals surface area contributed by atoms with Crippen LogP contribution < -0.4 is 11.1 Å². The molecule has 1 aromatic carbocycles. The molecule has 20 heavy (non-hydrogen) atoms. The highest BCUT2D eigenvalue weighted by molar-refractivity contribution is 6.30. The van der Waals surface area contributed by atoms with Crippen LogP contribution in [0.3, 0.4) is 0 Å². The molecule has 0 fully saturated rings. The Hall–Kier alpha value is -2.07. The molecule has 0 radical (unpaired) electrons. The molecule has 2 aromatic rings. The van der Waals surface area contributed by atoms with Crippen molar-refractivity contribution in [3.05, 3.63) is 74.5 Å². The highest BCUT2D eigenvalue weighted by Crippen LogP contribution is 2.17. The van der Waals surface area contributed by atoms with Gasteiger partial charge in [0.05, 0.1) is 5.69 Å². The third kappa shape index (κ3) is 2.75. The van der Waals surface area contributed by atoms with E-state index in [1.54, 1.807) is 30.6 Å². The Balaban J connectivity index is 2.57. The predicted molar refractivity (Wildman–Crippen MR) is 80.9 cm³/mol. The number of rotatable bonds is 4. The molecule has 0 bridgehead atoms. The van der Waals surface area contributed by atoms with Gasteiger partial charge >= 0.3 is 11.1 Å². The molecule has 0 unspecified atom stereocenters. The van der Waals surface area contributed by atoms with Crippen LogP contribution in [-0.2, 0) is 6.54 Å². The van der Waals surface area contributed by atoms with Crippen LogP contribution in [0.1, 0.15) is 12.0 Å². The van der Waals surface area contributed by atoms with Gasteiger partial charge in [-0.25, -0.2) is 0 Å². The van der Waals surface area contributed by atoms with Crippen LogP contribution in [-0.4, -0.2) is 9.13 Å². The lowest BCUT2D eigenvalue weighted by Crippen LogP contribution is -2.40. The molecule has 0 atom stereocenters. The van der Waals surface area contributed by atoms with Crippen LogP contribution >= 0.6 is 11.6 Å². The first kappa shape index (κ1) is 14.3. The molecule has 0 spiro atoms. The van der Waals surface area contributed by atoms with Gasteiger partial charge in [-0.1, -0.05) is 23.7 Å². The first-order valence-corrected chi connectivity index (χ1v) is 6.62. The van der Waals surface area contributed by atoms with E-state index in [4.69, 9.17) is 11.6 Å². The van der Waals surface area contributed by atoms with Gasteiger partial charge in [0.25, 0.3) is 0 Å². The van der Waals surface area contributed by atoms with Crippen molar-refractivity contribution in [2.75, 3.05) is 0 Å². The highest BCUT2D eigenvalue weighted by atomic mass is 35.5. The van der Waals surface area contributed by atoms with Crippen LogP contribution in [0, 0.1) is 6.92 Å². The topological polar surface area (TPSA) is 44.0 Å². The maximum atomic E-state index is 12.2. The minimum atomic E-state index is -0.582. The average Bonchev–Trinajstić information content (AvgIpc) is 2.43. The molecule has 5 heteroatoms. The quantitative estimate of drug-likeness (QED) is 0.641. The SMILES string of the molecule is C=CCCn1ccn(-c2cc(Cl)ccc2C)c(=O)c1=O. The van der Waals surface area contributed by atoms with Gasteiger partial charge in [0.15, 0.2) is 0 Å². The minimum Gasteiger partial charge on any atom is -0.309 e. The summed E-state index contributed by atoms with van der Waals surface area (Å²) in [7, 11) is 0. The van der Waals surface area contributed by atoms with E-state index in [1.165, 1.54) is 9.13 Å². The molecule has 104 valence electrons. The van der Waals surface area contributed by atoms with Gasteiger partial charge in [-0.15, -0.1) is 6.58 Å². The lowest BCUT2D eigenvalue weighted by molar-refractivity contribution is 0.656. The molecule has 0 N–H and O–H groups in total. The van der Waals surface area contributed by atoms with Gasteiger partial charge < -0.3 is 4.57 Å². The maximum Gasteiger partial charge on any atom is 0.320 e. The van der Waals surface area contributed by atoms with Crippen LogP contribution in [0.2, 0.25) is 5.02 Å². The van der Waals surface area contributed by atoms with Gasteiger partial charge in [-0.2, -0.15) is 0 Å². The molecule has 0 amide bonds. The van der Waals surface area contributed by atoms with Gasteiger partial charge in [0.2, 0.25) is 0 Å². The predicted octanol–water partition coefficient (Wildman–Crippen LogP) is 2.54. The van der Waals surface area contributed by atoms with Crippen LogP contribution in [0.15, 0.2) is 52.8 Å². The fourth-order valence-corrected chi connectivity index (χ4v) is 2.11. The molecule has 1 heterocycles. The van der Waals surface area contributed by atoms with Crippen molar-refractivity contribution in [1.82, 2.24) is 9.13 Å². The zero-order valence-corrected chi connectivity index (χ0v) is 11.9. The first-order chi connectivity index (χ1) is 9.54. The van der Waals surface area contributed by atoms with Crippen molar-refractivity contribution < 1.29 is 0 Å². The van der Waals surface area contributed by atoms with Gasteiger partial charge in [-0.05, 0) is 31.0 Å². The summed E-state index contributed by atoms with van der Waals surface area (Å²) in [4.78, 5) is 24.2. The zero-order chi connectivity index (χ0) is 14.7. The van der Waals surface area contributed by atoms with E-state index < -0.39 is 11.1 Å². The summed E-state index contributed by atoms with van der Waals surface area (Å²) in [6, 6.07) is 5.23. The van der Waals surface area contributed by atoms with E-state index in [0.717, 1.165) is 5.56 Å². The summed E-state index contributed by atoms with van der Waals surface area (Å²) in [5.41, 5.74) is 0.367. The zero-order valence-electron chi connectivity index (χ0n) is 11.2. The van der Waals surface area contributed by atoms with E-state index in [9.17, 15) is 9.59 Å². The normalized spacial score (nSPS) is 10.5. The second kappa shape index (κ2) is 5.92. The van der Waals surface area contributed by atoms with Crippen molar-refractivity contribution in [1.29, 1.82) is 0 Å². The summed E-state index contributed by atoms with van der Waals surface area (Å²) in [5.74, 6) is 0. The lowest BCUT2D eigenvalue weighted by Gasteiger charge is -2.11. The molecule has 0 saturated heterocycles. The number of aryl methyl sites for hydroxylation is 2. The Kier molecular flexibility index (Phi) is 4.25. The number of allylic oxidation sites excluding steroid dienone is 1. The number of hydrogen-bond donors (Lipinski definition) is 0. The monoisotopic (exact) mass is 290 g/mol. The van der Waals surface area contributed by atoms with Crippen molar-refractivity contribution >= 4 is 11.6 Å². The minimum absolute atomic E-state index is 0.451. The standard InChI is InChI=1S/C15H15ClN2O2/c1-3-4-7-17-8-9-18(15(20)14(17)19)13-10-12(16)6-5-11(13)2/h3,5-6,8-10H,1,4,7H2,2H3. The Bertz CT molecular complexity index is 759. The molecule has 0 aliphatic carbocycles. The fourth-order valence-electron chi connectivity index (χ4n) is 1.95. The number of benzene rings is 1. The molecular weight excluding hydrogens is 276 g/mol. The Morgan fingerprint density at radius 3 is 2.70 bits per heavy atom. The number of aromatic nitrogens is 2. The van der Waals surface area contributed by atoms with Crippen LogP contribution in [0.4, 0.5) is 0 Å². The first-order valence-electron chi connectivity index (χ1n) is 6.24. The van der Waals surface area contributed by atoms with Crippen molar-refractivity contribution in [2.45, 2.75) is 19.9 Å². The van der Waals surface area contributed by atoms with E-state index in [2.05, 4.69) is 6.58 Å². The second-order valence-corrected chi connectivity index (χ2v) is 4.92. The maximum absolute atomic E-state index is 12.2. The Morgan fingerprint density at radius 2 is 2.00 bits per heavy atom. The molecule has 0 aliphatic rings. The lowest BCUT2D eigenvalue weighted by atomic mass is 10.2. The van der Waals surface area contributed by atoms with Crippen molar-refractivity contribution in [3.8, 4) is 5.69 Å². The molecular formula is C15H15ClN2O2. The van der Waals surface area contributed by atoms with E-state index in [0.29, 0.717) is 23.7 Å². The molecule has 0 saturated carbocycles. The third-order valence-corrected chi connectivity index (χ3v) is 3.30. The smallest absolute Gasteiger partial charge is 0.309 e. The number of hydrogen-bond acceptors (Lipinski definition) is 2. The Morgan fingerprint density at radius 1 is 1.25 bits per heavy atom. The largest absolute Gasteiger partial charge is 0.320 e. The second-order valence-electron chi connectivity index (χ2n) is 4.48. The molecule has 0 aliphatic heterocycles. The van der Waals surface area contributed by atoms with Gasteiger partial charge in [0.1, 0.15) is 0 Å². The third-order valence-electron chi connectivity index (χ3n) is 3.06. The summed E-state index contributed by atoms with van der Waals surface area (Å²) in [5, 5.41) is 0.522. The Labute approximate surface area is 121 Å². The van der Waals surface area contributed by atoms with Gasteiger partial charge in [-0.3, -0.25) is 14.2 Å². The number of nitrogens with zero attached hydrogens (tertiary/aromatic N) is 2. The van der Waals surface area contributed by atoms with Crippen LogP contribution in [0.25, 0.3) is 5.69 Å². The highest BCUT2D eigenvalue weighted by Gasteiger charge is 2.08.